The van der Waals surface area contributed by atoms with Crippen molar-refractivity contribution in [2.45, 2.75) is 39.3 Å². The fraction of sp³-hybridized carbons (Fsp3) is 0.545. The van der Waals surface area contributed by atoms with Crippen molar-refractivity contribution in [3.05, 3.63) is 30.5 Å². The molecule has 1 aromatic heterocycles. The Bertz CT molecular complexity index is 281. The molecule has 0 spiro atoms. The third-order valence-corrected chi connectivity index (χ3v) is 2.07. The molecule has 0 amide bonds. The Kier molecular flexibility index (Phi) is 4.40. The summed E-state index contributed by atoms with van der Waals surface area (Å²) in [6, 6.07) is 0.472. The Morgan fingerprint density at radius 2 is 2.50 bits per heavy atom. The highest BCUT2D eigenvalue weighted by Crippen LogP contribution is 2.02. The molecule has 0 fully saturated rings. The lowest BCUT2D eigenvalue weighted by Crippen LogP contribution is -2.25. The van der Waals surface area contributed by atoms with Crippen LogP contribution in [-0.2, 0) is 6.54 Å². The van der Waals surface area contributed by atoms with Gasteiger partial charge in [0.1, 0.15) is 5.76 Å². The molecule has 0 saturated heterocycles. The molecule has 1 rings (SSSR count). The van der Waals surface area contributed by atoms with E-state index in [1.54, 1.807) is 6.20 Å². The van der Waals surface area contributed by atoms with Crippen LogP contribution in [-0.4, -0.2) is 11.0 Å². The zero-order valence-electron chi connectivity index (χ0n) is 8.92. The average molecular weight is 194 g/mol. The minimum atomic E-state index is 0.472. The largest absolute Gasteiger partial charge is 0.445 e. The Morgan fingerprint density at radius 1 is 1.71 bits per heavy atom. The molecule has 0 aliphatic carbocycles. The topological polar surface area (TPSA) is 38.1 Å². The Labute approximate surface area is 85.2 Å². The summed E-state index contributed by atoms with van der Waals surface area (Å²) in [5.41, 5.74) is 0. The van der Waals surface area contributed by atoms with Crippen LogP contribution in [0.25, 0.3) is 0 Å². The lowest BCUT2D eigenvalue weighted by atomic mass is 10.2. The van der Waals surface area contributed by atoms with Gasteiger partial charge >= 0.3 is 0 Å². The lowest BCUT2D eigenvalue weighted by Gasteiger charge is -2.10. The first-order valence-electron chi connectivity index (χ1n) is 4.98. The van der Waals surface area contributed by atoms with Gasteiger partial charge in [-0.15, -0.1) is 6.58 Å². The maximum Gasteiger partial charge on any atom is 0.208 e. The zero-order valence-corrected chi connectivity index (χ0v) is 8.92. The van der Waals surface area contributed by atoms with E-state index in [0.717, 1.165) is 24.5 Å². The van der Waals surface area contributed by atoms with E-state index in [1.165, 1.54) is 0 Å². The molecule has 1 atom stereocenters. The van der Waals surface area contributed by atoms with E-state index >= 15 is 0 Å². The minimum absolute atomic E-state index is 0.472. The number of hydrogen-bond acceptors (Lipinski definition) is 3. The molecular weight excluding hydrogens is 176 g/mol. The molecule has 0 aliphatic heterocycles. The molecule has 1 aromatic rings. The predicted molar refractivity (Wildman–Crippen MR) is 57.0 cm³/mol. The quantitative estimate of drug-likeness (QED) is 0.707. The normalized spacial score (nSPS) is 12.7. The summed E-state index contributed by atoms with van der Waals surface area (Å²) >= 11 is 0. The summed E-state index contributed by atoms with van der Waals surface area (Å²) in [5, 5.41) is 3.34. The molecule has 0 radical (unpaired) electrons. The van der Waals surface area contributed by atoms with Gasteiger partial charge in [-0.3, -0.25) is 0 Å². The molecular formula is C11H18N2O. The highest BCUT2D eigenvalue weighted by molar-refractivity contribution is 4.90. The first-order chi connectivity index (χ1) is 6.72. The molecule has 3 nitrogen and oxygen atoms in total. The number of rotatable bonds is 6. The average Bonchev–Trinajstić information content (AvgIpc) is 2.58. The molecule has 3 heteroatoms. The van der Waals surface area contributed by atoms with Gasteiger partial charge in [0.15, 0.2) is 0 Å². The van der Waals surface area contributed by atoms with Gasteiger partial charge < -0.3 is 9.73 Å². The Hall–Kier alpha value is -1.09. The van der Waals surface area contributed by atoms with E-state index in [9.17, 15) is 0 Å². The second-order valence-electron chi connectivity index (χ2n) is 3.51. The number of nitrogens with one attached hydrogen (secondary N) is 1. The van der Waals surface area contributed by atoms with Crippen molar-refractivity contribution >= 4 is 0 Å². The number of aromatic nitrogens is 1. The third-order valence-electron chi connectivity index (χ3n) is 2.07. The second kappa shape index (κ2) is 5.60. The molecule has 0 saturated carbocycles. The minimum Gasteiger partial charge on any atom is -0.445 e. The van der Waals surface area contributed by atoms with Crippen LogP contribution in [0.3, 0.4) is 0 Å². The van der Waals surface area contributed by atoms with Gasteiger partial charge in [0.05, 0.1) is 12.7 Å². The smallest absolute Gasteiger partial charge is 0.208 e. The van der Waals surface area contributed by atoms with Gasteiger partial charge in [-0.1, -0.05) is 6.08 Å². The Morgan fingerprint density at radius 3 is 3.07 bits per heavy atom. The fourth-order valence-corrected chi connectivity index (χ4v) is 1.21. The van der Waals surface area contributed by atoms with Crippen molar-refractivity contribution in [1.82, 2.24) is 10.3 Å². The molecule has 1 unspecified atom stereocenters. The van der Waals surface area contributed by atoms with Crippen molar-refractivity contribution < 1.29 is 4.42 Å². The monoisotopic (exact) mass is 194 g/mol. The van der Waals surface area contributed by atoms with Gasteiger partial charge in [-0.25, -0.2) is 4.98 Å². The predicted octanol–water partition coefficient (Wildman–Crippen LogP) is 2.43. The molecule has 0 bridgehead atoms. The number of oxazole rings is 1. The summed E-state index contributed by atoms with van der Waals surface area (Å²) in [7, 11) is 0. The summed E-state index contributed by atoms with van der Waals surface area (Å²) in [5.74, 6) is 1.62. The van der Waals surface area contributed by atoms with Crippen LogP contribution in [0.1, 0.15) is 31.4 Å². The summed E-state index contributed by atoms with van der Waals surface area (Å²) < 4.78 is 5.34. The van der Waals surface area contributed by atoms with Gasteiger partial charge in [-0.05, 0) is 26.7 Å². The highest BCUT2D eigenvalue weighted by Gasteiger charge is 2.03. The molecule has 0 aromatic carbocycles. The van der Waals surface area contributed by atoms with Crippen LogP contribution in [0, 0.1) is 6.92 Å². The van der Waals surface area contributed by atoms with E-state index in [-0.39, 0.29) is 0 Å². The first-order valence-corrected chi connectivity index (χ1v) is 4.98. The van der Waals surface area contributed by atoms with Crippen LogP contribution < -0.4 is 5.32 Å². The summed E-state index contributed by atoms with van der Waals surface area (Å²) in [4.78, 5) is 4.12. The number of nitrogens with zero attached hydrogens (tertiary/aromatic N) is 1. The highest BCUT2D eigenvalue weighted by atomic mass is 16.4. The Balaban J connectivity index is 2.23. The van der Waals surface area contributed by atoms with Gasteiger partial charge in [0.25, 0.3) is 0 Å². The van der Waals surface area contributed by atoms with E-state index < -0.39 is 0 Å². The van der Waals surface area contributed by atoms with Gasteiger partial charge in [0, 0.05) is 6.04 Å². The van der Waals surface area contributed by atoms with Gasteiger partial charge in [-0.2, -0.15) is 0 Å². The molecule has 1 N–H and O–H groups in total. The van der Waals surface area contributed by atoms with Gasteiger partial charge in [0.2, 0.25) is 5.89 Å². The molecule has 0 aliphatic rings. The van der Waals surface area contributed by atoms with Crippen molar-refractivity contribution in [3.63, 3.8) is 0 Å². The van der Waals surface area contributed by atoms with E-state index in [4.69, 9.17) is 4.42 Å². The van der Waals surface area contributed by atoms with Crippen LogP contribution in [0.4, 0.5) is 0 Å². The zero-order chi connectivity index (χ0) is 10.4. The number of aryl methyl sites for hydroxylation is 1. The van der Waals surface area contributed by atoms with Crippen molar-refractivity contribution in [3.8, 4) is 0 Å². The van der Waals surface area contributed by atoms with Crippen molar-refractivity contribution in [2.24, 2.45) is 0 Å². The number of hydrogen-bond donors (Lipinski definition) is 1. The van der Waals surface area contributed by atoms with E-state index in [2.05, 4.69) is 23.8 Å². The second-order valence-corrected chi connectivity index (χ2v) is 3.51. The fourth-order valence-electron chi connectivity index (χ4n) is 1.21. The maximum absolute atomic E-state index is 5.34. The lowest BCUT2D eigenvalue weighted by molar-refractivity contribution is 0.421. The molecule has 1 heterocycles. The molecule has 78 valence electrons. The van der Waals surface area contributed by atoms with Crippen LogP contribution in [0.5, 0.6) is 0 Å². The SMILES string of the molecule is C=CCCC(C)NCc1ncc(C)o1. The summed E-state index contributed by atoms with van der Waals surface area (Å²) in [6.07, 6.45) is 5.82. The van der Waals surface area contributed by atoms with Crippen LogP contribution in [0.15, 0.2) is 23.3 Å². The van der Waals surface area contributed by atoms with E-state index in [1.807, 2.05) is 13.0 Å². The van der Waals surface area contributed by atoms with E-state index in [0.29, 0.717) is 12.6 Å². The van der Waals surface area contributed by atoms with Crippen LogP contribution >= 0.6 is 0 Å². The maximum atomic E-state index is 5.34. The first kappa shape index (κ1) is 11.0. The van der Waals surface area contributed by atoms with Crippen LogP contribution in [0.2, 0.25) is 0 Å². The molecule has 14 heavy (non-hydrogen) atoms. The summed E-state index contributed by atoms with van der Waals surface area (Å²) in [6.45, 7) is 8.45. The third kappa shape index (κ3) is 3.75. The van der Waals surface area contributed by atoms with Crippen molar-refractivity contribution in [1.29, 1.82) is 0 Å². The van der Waals surface area contributed by atoms with Crippen molar-refractivity contribution in [2.75, 3.05) is 0 Å². The standard InChI is InChI=1S/C11H18N2O/c1-4-5-6-9(2)12-8-11-13-7-10(3)14-11/h4,7,9,12H,1,5-6,8H2,2-3H3. The number of allylic oxidation sites excluding steroid dienone is 1.